The molecule has 4 heteroatoms. The Morgan fingerprint density at radius 3 is 1.37 bits per heavy atom. The van der Waals surface area contributed by atoms with Crippen molar-refractivity contribution in [2.75, 3.05) is 9.80 Å². The second-order valence-corrected chi connectivity index (χ2v) is 12.0. The number of thiophene rings is 2. The first-order valence-electron chi connectivity index (χ1n) is 12.8. The van der Waals surface area contributed by atoms with Crippen molar-refractivity contribution in [2.24, 2.45) is 0 Å². The molecule has 0 N–H and O–H groups in total. The quantitative estimate of drug-likeness (QED) is 0.222. The van der Waals surface area contributed by atoms with Crippen LogP contribution in [0.25, 0.3) is 30.9 Å². The molecule has 0 bridgehead atoms. The van der Waals surface area contributed by atoms with E-state index in [1.165, 1.54) is 76.2 Å². The van der Waals surface area contributed by atoms with Crippen LogP contribution in [0.3, 0.4) is 0 Å². The lowest BCUT2D eigenvalue weighted by atomic mass is 9.98. The summed E-state index contributed by atoms with van der Waals surface area (Å²) in [4.78, 5) is 4.92. The van der Waals surface area contributed by atoms with E-state index < -0.39 is 0 Å². The van der Waals surface area contributed by atoms with Crippen LogP contribution in [0.1, 0.15) is 11.1 Å². The fourth-order valence-electron chi connectivity index (χ4n) is 5.72. The van der Waals surface area contributed by atoms with E-state index in [0.717, 1.165) is 0 Å². The molecular weight excluding hydrogens is 501 g/mol. The predicted molar refractivity (Wildman–Crippen MR) is 167 cm³/mol. The number of aryl methyl sites for hydroxylation is 2. The molecule has 0 saturated carbocycles. The summed E-state index contributed by atoms with van der Waals surface area (Å²) in [6.07, 6.45) is 0. The zero-order valence-electron chi connectivity index (χ0n) is 21.1. The third-order valence-electron chi connectivity index (χ3n) is 7.79. The van der Waals surface area contributed by atoms with Crippen molar-refractivity contribution in [3.05, 3.63) is 119 Å². The molecule has 5 aromatic carbocycles. The van der Waals surface area contributed by atoms with Crippen LogP contribution in [0.15, 0.2) is 108 Å². The lowest BCUT2D eigenvalue weighted by Gasteiger charge is -2.41. The molecule has 0 amide bonds. The van der Waals surface area contributed by atoms with Crippen LogP contribution < -0.4 is 9.80 Å². The summed E-state index contributed by atoms with van der Waals surface area (Å²) in [5.74, 6) is 0. The van der Waals surface area contributed by atoms with Gasteiger partial charge in [0.15, 0.2) is 0 Å². The van der Waals surface area contributed by atoms with E-state index in [-0.39, 0.29) is 0 Å². The monoisotopic (exact) mass is 524 g/mol. The molecule has 2 nitrogen and oxygen atoms in total. The molecular formula is C34H24N2S2. The molecule has 0 spiro atoms. The summed E-state index contributed by atoms with van der Waals surface area (Å²) in [5, 5.41) is 9.41. The average Bonchev–Trinajstić information content (AvgIpc) is 3.60. The van der Waals surface area contributed by atoms with Crippen molar-refractivity contribution < 1.29 is 0 Å². The number of anilines is 6. The van der Waals surface area contributed by atoms with Crippen molar-refractivity contribution in [1.82, 2.24) is 0 Å². The zero-order valence-corrected chi connectivity index (χ0v) is 22.7. The zero-order chi connectivity index (χ0) is 25.4. The number of hydrogen-bond acceptors (Lipinski definition) is 4. The van der Waals surface area contributed by atoms with Crippen molar-refractivity contribution in [2.45, 2.75) is 13.8 Å². The molecule has 1 aliphatic rings. The highest BCUT2D eigenvalue weighted by Crippen LogP contribution is 2.56. The lowest BCUT2D eigenvalue weighted by molar-refractivity contribution is 1.16. The maximum Gasteiger partial charge on any atom is 0.0709 e. The van der Waals surface area contributed by atoms with Gasteiger partial charge in [-0.2, -0.15) is 0 Å². The van der Waals surface area contributed by atoms with Gasteiger partial charge < -0.3 is 9.80 Å². The summed E-state index contributed by atoms with van der Waals surface area (Å²) < 4.78 is 2.63. The van der Waals surface area contributed by atoms with Crippen LogP contribution in [0.2, 0.25) is 0 Å². The fourth-order valence-corrected chi connectivity index (χ4v) is 7.26. The van der Waals surface area contributed by atoms with Crippen LogP contribution in [0, 0.1) is 13.8 Å². The van der Waals surface area contributed by atoms with Gasteiger partial charge in [0.05, 0.1) is 22.7 Å². The first kappa shape index (κ1) is 21.9. The molecule has 0 fully saturated rings. The largest absolute Gasteiger partial charge is 0.306 e. The highest BCUT2D eigenvalue weighted by atomic mass is 32.1. The molecule has 7 aromatic rings. The van der Waals surface area contributed by atoms with Crippen LogP contribution in [-0.4, -0.2) is 0 Å². The first-order chi connectivity index (χ1) is 18.6. The minimum absolute atomic E-state index is 1.19. The van der Waals surface area contributed by atoms with Crippen molar-refractivity contribution in [3.63, 3.8) is 0 Å². The predicted octanol–water partition coefficient (Wildman–Crippen LogP) is 11.1. The van der Waals surface area contributed by atoms with Crippen LogP contribution in [0.4, 0.5) is 34.1 Å². The minimum Gasteiger partial charge on any atom is -0.306 e. The SMILES string of the molecule is Cc1cc2c(cc1C)N(c1ccc3sccc3c1)c1cc3ccccc3cc1N2c1ccc2sccc2c1. The van der Waals surface area contributed by atoms with E-state index in [9.17, 15) is 0 Å². The van der Waals surface area contributed by atoms with E-state index in [0.29, 0.717) is 0 Å². The van der Waals surface area contributed by atoms with Gasteiger partial charge in [-0.15, -0.1) is 22.7 Å². The Balaban J connectivity index is 1.47. The molecule has 2 aromatic heterocycles. The molecule has 0 aliphatic carbocycles. The van der Waals surface area contributed by atoms with E-state index in [2.05, 4.69) is 131 Å². The third kappa shape index (κ3) is 3.24. The summed E-state index contributed by atoms with van der Waals surface area (Å²) in [6.45, 7) is 4.43. The standard InChI is InChI=1S/C34H24N2S2/c1-21-15-29-30(16-22(21)2)36(28-8-10-34-26(18-28)12-14-38-34)32-20-24-6-4-3-5-23(24)19-31(32)35(29)27-7-9-33-25(17-27)11-13-37-33/h3-20H,1-2H3. The molecule has 0 radical (unpaired) electrons. The van der Waals surface area contributed by atoms with Crippen molar-refractivity contribution in [3.8, 4) is 0 Å². The second-order valence-electron chi connectivity index (χ2n) is 10.1. The first-order valence-corrected chi connectivity index (χ1v) is 14.6. The Bertz CT molecular complexity index is 1880. The highest BCUT2D eigenvalue weighted by Gasteiger charge is 2.32. The Kier molecular flexibility index (Phi) is 4.72. The van der Waals surface area contributed by atoms with E-state index in [1.54, 1.807) is 22.7 Å². The van der Waals surface area contributed by atoms with Gasteiger partial charge in [-0.05, 0) is 130 Å². The number of benzene rings is 5. The number of nitrogens with zero attached hydrogens (tertiary/aromatic N) is 2. The van der Waals surface area contributed by atoms with Gasteiger partial charge in [0, 0.05) is 20.8 Å². The molecule has 0 unspecified atom stereocenters. The highest BCUT2D eigenvalue weighted by molar-refractivity contribution is 7.17. The Labute approximate surface area is 229 Å². The van der Waals surface area contributed by atoms with Gasteiger partial charge in [-0.3, -0.25) is 0 Å². The van der Waals surface area contributed by atoms with Gasteiger partial charge in [0.1, 0.15) is 0 Å². The molecule has 0 atom stereocenters. The average molecular weight is 525 g/mol. The number of fused-ring (bicyclic) bond motifs is 5. The normalized spacial score (nSPS) is 12.9. The fraction of sp³-hybridized carbons (Fsp3) is 0.0588. The van der Waals surface area contributed by atoms with E-state index in [4.69, 9.17) is 0 Å². The summed E-state index contributed by atoms with van der Waals surface area (Å²) in [6, 6.07) is 36.3. The van der Waals surface area contributed by atoms with Crippen LogP contribution in [0.5, 0.6) is 0 Å². The Hall–Kier alpha value is -4.12. The molecule has 3 heterocycles. The van der Waals surface area contributed by atoms with Crippen LogP contribution in [-0.2, 0) is 0 Å². The number of hydrogen-bond donors (Lipinski definition) is 0. The molecule has 38 heavy (non-hydrogen) atoms. The maximum atomic E-state index is 2.46. The van der Waals surface area contributed by atoms with Gasteiger partial charge in [-0.25, -0.2) is 0 Å². The van der Waals surface area contributed by atoms with E-state index in [1.807, 2.05) is 0 Å². The van der Waals surface area contributed by atoms with Gasteiger partial charge in [-0.1, -0.05) is 24.3 Å². The van der Waals surface area contributed by atoms with Gasteiger partial charge in [0.2, 0.25) is 0 Å². The molecule has 182 valence electrons. The van der Waals surface area contributed by atoms with E-state index >= 15 is 0 Å². The smallest absolute Gasteiger partial charge is 0.0709 e. The second kappa shape index (κ2) is 8.19. The topological polar surface area (TPSA) is 6.48 Å². The van der Waals surface area contributed by atoms with Crippen molar-refractivity contribution >= 4 is 87.7 Å². The summed E-state index contributed by atoms with van der Waals surface area (Å²) >= 11 is 3.59. The Morgan fingerprint density at radius 1 is 0.447 bits per heavy atom. The van der Waals surface area contributed by atoms with Gasteiger partial charge in [0.25, 0.3) is 0 Å². The molecule has 8 rings (SSSR count). The molecule has 0 saturated heterocycles. The van der Waals surface area contributed by atoms with Gasteiger partial charge >= 0.3 is 0 Å². The summed E-state index contributed by atoms with van der Waals surface area (Å²) in [5.41, 5.74) is 9.76. The lowest BCUT2D eigenvalue weighted by Crippen LogP contribution is -2.24. The summed E-state index contributed by atoms with van der Waals surface area (Å²) in [7, 11) is 0. The molecule has 1 aliphatic heterocycles. The number of rotatable bonds is 2. The Morgan fingerprint density at radius 2 is 0.895 bits per heavy atom. The maximum absolute atomic E-state index is 2.46. The third-order valence-corrected chi connectivity index (χ3v) is 9.58. The van der Waals surface area contributed by atoms with Crippen LogP contribution >= 0.6 is 22.7 Å². The van der Waals surface area contributed by atoms with Crippen molar-refractivity contribution in [1.29, 1.82) is 0 Å². The minimum atomic E-state index is 1.19.